The van der Waals surface area contributed by atoms with Crippen LogP contribution in [-0.4, -0.2) is 11.8 Å². The molecule has 0 aliphatic heterocycles. The zero-order chi connectivity index (χ0) is 16.1. The van der Waals surface area contributed by atoms with Gasteiger partial charge < -0.3 is 10.6 Å². The third-order valence-electron chi connectivity index (χ3n) is 2.75. The third kappa shape index (κ3) is 4.36. The molecule has 114 valence electrons. The number of nitrogens with one attached hydrogen (secondary N) is 2. The Morgan fingerprint density at radius 3 is 2.32 bits per heavy atom. The topological polar surface area (TPSA) is 58.2 Å². The Kier molecular flexibility index (Phi) is 5.21. The van der Waals surface area contributed by atoms with Gasteiger partial charge in [-0.15, -0.1) is 0 Å². The number of hydrogen-bond donors (Lipinski definition) is 2. The monoisotopic (exact) mass is 368 g/mol. The number of carbonyl (C=O) groups is 2. The Hall–Kier alpha value is -2.28. The van der Waals surface area contributed by atoms with E-state index in [1.807, 2.05) is 0 Å². The van der Waals surface area contributed by atoms with Gasteiger partial charge in [0.05, 0.1) is 5.69 Å². The van der Waals surface area contributed by atoms with Crippen molar-refractivity contribution in [1.82, 2.24) is 5.32 Å². The van der Waals surface area contributed by atoms with Gasteiger partial charge in [-0.2, -0.15) is 0 Å². The van der Waals surface area contributed by atoms with Crippen LogP contribution in [-0.2, 0) is 16.1 Å². The number of hydrogen-bond acceptors (Lipinski definition) is 2. The second kappa shape index (κ2) is 7.13. The standard InChI is InChI=1S/C15H11BrF2N2O2/c16-10-3-6-13(12(18)7-10)20-15(22)14(21)19-8-9-1-4-11(17)5-2-9/h1-7H,8H2,(H,19,21)(H,20,22). The summed E-state index contributed by atoms with van der Waals surface area (Å²) in [6.45, 7) is 0.0648. The van der Waals surface area contributed by atoms with Crippen LogP contribution in [0.15, 0.2) is 46.9 Å². The SMILES string of the molecule is O=C(NCc1ccc(F)cc1)C(=O)Nc1ccc(Br)cc1F. The van der Waals surface area contributed by atoms with Gasteiger partial charge in [0.25, 0.3) is 0 Å². The largest absolute Gasteiger partial charge is 0.344 e. The molecule has 0 aliphatic carbocycles. The molecule has 0 unspecified atom stereocenters. The number of benzene rings is 2. The second-order valence-corrected chi connectivity index (χ2v) is 5.30. The molecule has 2 N–H and O–H groups in total. The molecule has 4 nitrogen and oxygen atoms in total. The molecule has 0 heterocycles. The van der Waals surface area contributed by atoms with Crippen LogP contribution in [0.3, 0.4) is 0 Å². The summed E-state index contributed by atoms with van der Waals surface area (Å²) in [6.07, 6.45) is 0. The van der Waals surface area contributed by atoms with E-state index in [1.54, 1.807) is 0 Å². The maximum absolute atomic E-state index is 13.6. The van der Waals surface area contributed by atoms with Crippen LogP contribution in [0.25, 0.3) is 0 Å². The molecule has 7 heteroatoms. The molecule has 2 rings (SSSR count). The summed E-state index contributed by atoms with van der Waals surface area (Å²) in [6, 6.07) is 9.52. The molecular weight excluding hydrogens is 358 g/mol. The number of amides is 2. The fourth-order valence-electron chi connectivity index (χ4n) is 1.63. The van der Waals surface area contributed by atoms with Gasteiger partial charge in [-0.1, -0.05) is 28.1 Å². The molecule has 0 radical (unpaired) electrons. The van der Waals surface area contributed by atoms with E-state index < -0.39 is 23.4 Å². The smallest absolute Gasteiger partial charge is 0.313 e. The molecule has 0 aromatic heterocycles. The molecule has 0 fully saturated rings. The molecular formula is C15H11BrF2N2O2. The van der Waals surface area contributed by atoms with Crippen molar-refractivity contribution >= 4 is 33.4 Å². The van der Waals surface area contributed by atoms with Gasteiger partial charge in [-0.3, -0.25) is 9.59 Å². The van der Waals surface area contributed by atoms with E-state index in [0.29, 0.717) is 10.0 Å². The van der Waals surface area contributed by atoms with Gasteiger partial charge >= 0.3 is 11.8 Å². The first kappa shape index (κ1) is 16.1. The van der Waals surface area contributed by atoms with Gasteiger partial charge in [-0.25, -0.2) is 8.78 Å². The lowest BCUT2D eigenvalue weighted by molar-refractivity contribution is -0.136. The number of carbonyl (C=O) groups excluding carboxylic acids is 2. The Bertz CT molecular complexity index is 705. The molecule has 0 saturated carbocycles. The summed E-state index contributed by atoms with van der Waals surface area (Å²) in [5.41, 5.74) is 0.544. The van der Waals surface area contributed by atoms with E-state index in [1.165, 1.54) is 42.5 Å². The molecule has 0 saturated heterocycles. The lowest BCUT2D eigenvalue weighted by atomic mass is 10.2. The van der Waals surface area contributed by atoms with Crippen molar-refractivity contribution < 1.29 is 18.4 Å². The third-order valence-corrected chi connectivity index (χ3v) is 3.25. The normalized spacial score (nSPS) is 10.1. The van der Waals surface area contributed by atoms with E-state index in [-0.39, 0.29) is 12.2 Å². The Morgan fingerprint density at radius 1 is 1.00 bits per heavy atom. The van der Waals surface area contributed by atoms with Gasteiger partial charge in [0.2, 0.25) is 0 Å². The van der Waals surface area contributed by atoms with Crippen molar-refractivity contribution in [1.29, 1.82) is 0 Å². The van der Waals surface area contributed by atoms with E-state index >= 15 is 0 Å². The van der Waals surface area contributed by atoms with Crippen LogP contribution >= 0.6 is 15.9 Å². The van der Waals surface area contributed by atoms with E-state index in [2.05, 4.69) is 26.6 Å². The minimum atomic E-state index is -0.983. The molecule has 0 bridgehead atoms. The quantitative estimate of drug-likeness (QED) is 0.818. The van der Waals surface area contributed by atoms with Crippen molar-refractivity contribution in [2.75, 3.05) is 5.32 Å². The Morgan fingerprint density at radius 2 is 1.68 bits per heavy atom. The van der Waals surface area contributed by atoms with Gasteiger partial charge in [0.1, 0.15) is 11.6 Å². The highest BCUT2D eigenvalue weighted by molar-refractivity contribution is 9.10. The first-order valence-corrected chi connectivity index (χ1v) is 7.03. The van der Waals surface area contributed by atoms with Crippen LogP contribution in [0.2, 0.25) is 0 Å². The highest BCUT2D eigenvalue weighted by Crippen LogP contribution is 2.19. The Balaban J connectivity index is 1.92. The number of halogens is 3. The minimum Gasteiger partial charge on any atom is -0.344 e. The lowest BCUT2D eigenvalue weighted by Gasteiger charge is -2.07. The summed E-state index contributed by atoms with van der Waals surface area (Å²) in [7, 11) is 0. The molecule has 0 atom stereocenters. The van der Waals surface area contributed by atoms with Crippen LogP contribution in [0.4, 0.5) is 14.5 Å². The van der Waals surface area contributed by atoms with E-state index in [9.17, 15) is 18.4 Å². The van der Waals surface area contributed by atoms with Crippen molar-refractivity contribution in [3.8, 4) is 0 Å². The summed E-state index contributed by atoms with van der Waals surface area (Å²) in [5.74, 6) is -2.94. The van der Waals surface area contributed by atoms with Gasteiger partial charge in [0.15, 0.2) is 0 Å². The van der Waals surface area contributed by atoms with Crippen LogP contribution in [0.1, 0.15) is 5.56 Å². The maximum atomic E-state index is 13.6. The highest BCUT2D eigenvalue weighted by atomic mass is 79.9. The average Bonchev–Trinajstić information content (AvgIpc) is 2.49. The van der Waals surface area contributed by atoms with Crippen LogP contribution in [0, 0.1) is 11.6 Å². The zero-order valence-corrected chi connectivity index (χ0v) is 12.8. The minimum absolute atomic E-state index is 0.0648. The lowest BCUT2D eigenvalue weighted by Crippen LogP contribution is -2.35. The maximum Gasteiger partial charge on any atom is 0.313 e. The summed E-state index contributed by atoms with van der Waals surface area (Å²) in [5, 5.41) is 4.54. The van der Waals surface area contributed by atoms with Gasteiger partial charge in [0, 0.05) is 11.0 Å². The van der Waals surface area contributed by atoms with E-state index in [0.717, 1.165) is 0 Å². The Labute approximate surface area is 133 Å². The van der Waals surface area contributed by atoms with Crippen molar-refractivity contribution in [2.24, 2.45) is 0 Å². The van der Waals surface area contributed by atoms with Crippen molar-refractivity contribution in [2.45, 2.75) is 6.54 Å². The van der Waals surface area contributed by atoms with Crippen LogP contribution in [0.5, 0.6) is 0 Å². The fourth-order valence-corrected chi connectivity index (χ4v) is 1.97. The first-order chi connectivity index (χ1) is 10.5. The summed E-state index contributed by atoms with van der Waals surface area (Å²) >= 11 is 3.09. The predicted octanol–water partition coefficient (Wildman–Crippen LogP) is 2.98. The molecule has 0 aliphatic rings. The highest BCUT2D eigenvalue weighted by Gasteiger charge is 2.15. The summed E-state index contributed by atoms with van der Waals surface area (Å²) in [4.78, 5) is 23.3. The molecule has 22 heavy (non-hydrogen) atoms. The number of anilines is 1. The van der Waals surface area contributed by atoms with Crippen molar-refractivity contribution in [3.63, 3.8) is 0 Å². The molecule has 2 aromatic carbocycles. The summed E-state index contributed by atoms with van der Waals surface area (Å²) < 4.78 is 26.8. The van der Waals surface area contributed by atoms with Crippen molar-refractivity contribution in [3.05, 3.63) is 64.1 Å². The van der Waals surface area contributed by atoms with Gasteiger partial charge in [-0.05, 0) is 35.9 Å². The van der Waals surface area contributed by atoms with E-state index in [4.69, 9.17) is 0 Å². The fraction of sp³-hybridized carbons (Fsp3) is 0.0667. The molecule has 2 amide bonds. The number of rotatable bonds is 3. The zero-order valence-electron chi connectivity index (χ0n) is 11.2. The molecule has 0 spiro atoms. The second-order valence-electron chi connectivity index (χ2n) is 4.39. The van der Waals surface area contributed by atoms with Crippen LogP contribution < -0.4 is 10.6 Å². The first-order valence-electron chi connectivity index (χ1n) is 6.24. The average molecular weight is 369 g/mol. The predicted molar refractivity (Wildman–Crippen MR) is 81.0 cm³/mol. The molecule has 2 aromatic rings.